The zero-order chi connectivity index (χ0) is 18.7. The minimum absolute atomic E-state index is 0.180. The van der Waals surface area contributed by atoms with Gasteiger partial charge in [-0.1, -0.05) is 6.58 Å². The van der Waals surface area contributed by atoms with Gasteiger partial charge >= 0.3 is 0 Å². The summed E-state index contributed by atoms with van der Waals surface area (Å²) in [6.07, 6.45) is 2.57. The number of anilines is 1. The van der Waals surface area contributed by atoms with Gasteiger partial charge in [-0.05, 0) is 49.1 Å². The molecule has 0 bridgehead atoms. The van der Waals surface area contributed by atoms with Gasteiger partial charge in [-0.3, -0.25) is 14.7 Å². The molecule has 0 radical (unpaired) electrons. The second kappa shape index (κ2) is 7.49. The highest BCUT2D eigenvalue weighted by Gasteiger charge is 2.33. The number of aliphatic hydroxyl groups excluding tert-OH is 1. The van der Waals surface area contributed by atoms with Crippen LogP contribution in [-0.2, 0) is 11.3 Å². The first-order chi connectivity index (χ1) is 12.5. The monoisotopic (exact) mass is 355 g/mol. The van der Waals surface area contributed by atoms with E-state index in [4.69, 9.17) is 0 Å². The maximum Gasteiger partial charge on any atom is 0.251 e. The number of amides is 2. The van der Waals surface area contributed by atoms with Crippen molar-refractivity contribution in [1.29, 1.82) is 0 Å². The lowest BCUT2D eigenvalue weighted by atomic mass is 10.2. The van der Waals surface area contributed by atoms with Crippen molar-refractivity contribution in [2.75, 3.05) is 11.9 Å². The summed E-state index contributed by atoms with van der Waals surface area (Å²) in [6.45, 7) is 3.63. The number of aromatic amines is 1. The van der Waals surface area contributed by atoms with Crippen LogP contribution in [0, 0.1) is 5.92 Å². The Kier molecular flexibility index (Phi) is 5.13. The van der Waals surface area contributed by atoms with Crippen LogP contribution in [0.15, 0.2) is 36.9 Å². The third-order valence-corrected chi connectivity index (χ3v) is 4.32. The maximum absolute atomic E-state index is 12.2. The van der Waals surface area contributed by atoms with Gasteiger partial charge in [0.05, 0.1) is 6.54 Å². The zero-order valence-corrected chi connectivity index (χ0v) is 14.5. The van der Waals surface area contributed by atoms with Gasteiger partial charge in [0.1, 0.15) is 11.9 Å². The number of nitrogens with one attached hydrogen (secondary N) is 2. The van der Waals surface area contributed by atoms with Crippen molar-refractivity contribution < 1.29 is 14.7 Å². The maximum atomic E-state index is 12.2. The van der Waals surface area contributed by atoms with Crippen molar-refractivity contribution in [2.45, 2.75) is 25.5 Å². The normalized spacial score (nSPS) is 14.5. The molecule has 1 aromatic heterocycles. The average Bonchev–Trinajstić information content (AvgIpc) is 3.42. The van der Waals surface area contributed by atoms with Crippen LogP contribution in [0.2, 0.25) is 0 Å². The molecule has 0 spiro atoms. The minimum atomic E-state index is -0.640. The van der Waals surface area contributed by atoms with Crippen LogP contribution < -0.4 is 10.2 Å². The summed E-state index contributed by atoms with van der Waals surface area (Å²) in [5.41, 5.74) is 1.13. The highest BCUT2D eigenvalue weighted by atomic mass is 16.3. The molecule has 1 aliphatic rings. The number of hydrogen-bond donors (Lipinski definition) is 3. The van der Waals surface area contributed by atoms with E-state index in [1.807, 2.05) is 0 Å². The van der Waals surface area contributed by atoms with Gasteiger partial charge in [0, 0.05) is 18.3 Å². The number of likely N-dealkylation sites (N-methyl/N-ethyl adjacent to an activating group) is 1. The summed E-state index contributed by atoms with van der Waals surface area (Å²) >= 11 is 0. The Morgan fingerprint density at radius 2 is 2.12 bits per heavy atom. The number of carbonyl (C=O) groups is 2. The van der Waals surface area contributed by atoms with Crippen molar-refractivity contribution >= 4 is 17.5 Å². The molecule has 1 aromatic carbocycles. The number of aliphatic hydroxyl groups is 1. The number of H-pyrrole nitrogens is 1. The van der Waals surface area contributed by atoms with Crippen LogP contribution in [-0.4, -0.2) is 39.1 Å². The van der Waals surface area contributed by atoms with E-state index in [2.05, 4.69) is 27.1 Å². The van der Waals surface area contributed by atoms with Crippen molar-refractivity contribution in [3.63, 3.8) is 0 Å². The van der Waals surface area contributed by atoms with Gasteiger partial charge in [-0.15, -0.1) is 0 Å². The number of nitrogens with zero attached hydrogens (tertiary/aromatic N) is 3. The van der Waals surface area contributed by atoms with Gasteiger partial charge in [0.25, 0.3) is 5.91 Å². The Bertz CT molecular complexity index is 810. The minimum Gasteiger partial charge on any atom is -0.385 e. The molecule has 1 unspecified atom stereocenters. The second-order valence-corrected chi connectivity index (χ2v) is 6.25. The molecule has 3 rings (SSSR count). The first-order valence-corrected chi connectivity index (χ1v) is 8.37. The second-order valence-electron chi connectivity index (χ2n) is 6.25. The van der Waals surface area contributed by atoms with Crippen LogP contribution in [0.5, 0.6) is 0 Å². The van der Waals surface area contributed by atoms with E-state index in [-0.39, 0.29) is 24.3 Å². The Balaban J connectivity index is 1.56. The summed E-state index contributed by atoms with van der Waals surface area (Å²) in [5.74, 6) is 0.613. The highest BCUT2D eigenvalue weighted by molar-refractivity contribution is 6.01. The van der Waals surface area contributed by atoms with Crippen LogP contribution in [0.1, 0.15) is 41.0 Å². The summed E-state index contributed by atoms with van der Waals surface area (Å²) in [5, 5.41) is 19.5. The Hall–Kier alpha value is -3.00. The van der Waals surface area contributed by atoms with Crippen LogP contribution >= 0.6 is 0 Å². The molecule has 0 saturated heterocycles. The van der Waals surface area contributed by atoms with Gasteiger partial charge < -0.3 is 15.3 Å². The molecule has 1 saturated carbocycles. The molecule has 1 atom stereocenters. The van der Waals surface area contributed by atoms with E-state index < -0.39 is 6.10 Å². The summed E-state index contributed by atoms with van der Waals surface area (Å²) in [7, 11) is 1.64. The smallest absolute Gasteiger partial charge is 0.251 e. The summed E-state index contributed by atoms with van der Waals surface area (Å²) in [6, 6.07) is 6.66. The number of rotatable bonds is 7. The Morgan fingerprint density at radius 3 is 2.73 bits per heavy atom. The summed E-state index contributed by atoms with van der Waals surface area (Å²) in [4.78, 5) is 29.5. The number of aromatic nitrogens is 3. The molecule has 0 aliphatic heterocycles. The fourth-order valence-corrected chi connectivity index (χ4v) is 2.51. The predicted molar refractivity (Wildman–Crippen MR) is 95.3 cm³/mol. The molecule has 2 aromatic rings. The molecular formula is C18H21N5O3. The van der Waals surface area contributed by atoms with Crippen molar-refractivity contribution in [2.24, 2.45) is 5.92 Å². The molecule has 26 heavy (non-hydrogen) atoms. The number of benzene rings is 1. The molecule has 8 nitrogen and oxygen atoms in total. The number of hydrogen-bond acceptors (Lipinski definition) is 5. The Labute approximate surface area is 150 Å². The van der Waals surface area contributed by atoms with Gasteiger partial charge in [0.2, 0.25) is 5.91 Å². The molecule has 3 N–H and O–H groups in total. The largest absolute Gasteiger partial charge is 0.385 e. The zero-order valence-electron chi connectivity index (χ0n) is 14.5. The highest BCUT2D eigenvalue weighted by Crippen LogP contribution is 2.39. The average molecular weight is 355 g/mol. The lowest BCUT2D eigenvalue weighted by Crippen LogP contribution is -2.25. The van der Waals surface area contributed by atoms with Gasteiger partial charge in [-0.25, -0.2) is 4.98 Å². The fraction of sp³-hybridized carbons (Fsp3) is 0.333. The standard InChI is InChI=1S/C18H21N5O3/c1-3-15(24)23(2)13-8-6-12(7-9-13)18(26)19-10-14-20-17(22-21-14)16(25)11-4-5-11/h3,6-9,11,16,25H,1,4-5,10H2,2H3,(H,19,26)(H,20,21,22). The van der Waals surface area contributed by atoms with E-state index in [0.29, 0.717) is 22.9 Å². The molecule has 1 aliphatic carbocycles. The molecule has 1 heterocycles. The van der Waals surface area contributed by atoms with E-state index in [9.17, 15) is 14.7 Å². The summed E-state index contributed by atoms with van der Waals surface area (Å²) < 4.78 is 0. The third-order valence-electron chi connectivity index (χ3n) is 4.32. The lowest BCUT2D eigenvalue weighted by molar-refractivity contribution is -0.113. The fourth-order valence-electron chi connectivity index (χ4n) is 2.51. The molecule has 1 fully saturated rings. The third kappa shape index (κ3) is 3.97. The van der Waals surface area contributed by atoms with Crippen molar-refractivity contribution in [3.05, 3.63) is 54.1 Å². The van der Waals surface area contributed by atoms with Crippen LogP contribution in [0.4, 0.5) is 5.69 Å². The van der Waals surface area contributed by atoms with E-state index in [1.165, 1.54) is 11.0 Å². The van der Waals surface area contributed by atoms with E-state index in [0.717, 1.165) is 12.8 Å². The van der Waals surface area contributed by atoms with E-state index in [1.54, 1.807) is 31.3 Å². The van der Waals surface area contributed by atoms with Gasteiger partial charge in [0.15, 0.2) is 5.82 Å². The quantitative estimate of drug-likeness (QED) is 0.649. The first kappa shape index (κ1) is 17.8. The molecule has 2 amide bonds. The van der Waals surface area contributed by atoms with Gasteiger partial charge in [-0.2, -0.15) is 5.10 Å². The first-order valence-electron chi connectivity index (χ1n) is 8.37. The molecular weight excluding hydrogens is 334 g/mol. The predicted octanol–water partition coefficient (Wildman–Crippen LogP) is 1.33. The molecule has 8 heteroatoms. The SMILES string of the molecule is C=CC(=O)N(C)c1ccc(C(=O)NCc2nc(C(O)C3CC3)n[nH]2)cc1. The topological polar surface area (TPSA) is 111 Å². The lowest BCUT2D eigenvalue weighted by Gasteiger charge is -2.15. The van der Waals surface area contributed by atoms with Crippen molar-refractivity contribution in [3.8, 4) is 0 Å². The molecule has 136 valence electrons. The van der Waals surface area contributed by atoms with Crippen LogP contribution in [0.3, 0.4) is 0 Å². The number of carbonyl (C=O) groups excluding carboxylic acids is 2. The Morgan fingerprint density at radius 1 is 1.42 bits per heavy atom. The van der Waals surface area contributed by atoms with E-state index >= 15 is 0 Å². The van der Waals surface area contributed by atoms with Crippen LogP contribution in [0.25, 0.3) is 0 Å². The van der Waals surface area contributed by atoms with Crippen molar-refractivity contribution in [1.82, 2.24) is 20.5 Å².